The average molecular weight is 292 g/mol. The Hall–Kier alpha value is -0.740. The fourth-order valence-electron chi connectivity index (χ4n) is 0.897. The fraction of sp³-hybridized carbons (Fsp3) is 0.300. The number of rotatable bonds is 4. The summed E-state index contributed by atoms with van der Waals surface area (Å²) in [6.07, 6.45) is 0. The van der Waals surface area contributed by atoms with Gasteiger partial charge in [0.2, 0.25) is 0 Å². The molecule has 0 spiro atoms. The molecule has 0 radical (unpaired) electrons. The maximum absolute atomic E-state index is 7.21. The number of nitrogens with two attached hydrogens (primary N) is 1. The van der Waals surface area contributed by atoms with E-state index in [9.17, 15) is 0 Å². The number of amidine groups is 1. The third-order valence-corrected chi connectivity index (χ3v) is 2.70. The quantitative estimate of drug-likeness (QED) is 0.661. The van der Waals surface area contributed by atoms with Gasteiger partial charge in [0.15, 0.2) is 0 Å². The topological polar surface area (TPSA) is 59.1 Å². The standard InChI is InChI=1S/C10H12BrClN2O/c1-6(10(13)14)5-15-9-3-2-7(11)4-8(9)12/h2-4,6H,5H2,1H3,(H3,13,14). The van der Waals surface area contributed by atoms with Crippen LogP contribution < -0.4 is 10.5 Å². The van der Waals surface area contributed by atoms with Crippen LogP contribution in [-0.4, -0.2) is 12.4 Å². The van der Waals surface area contributed by atoms with Crippen LogP contribution in [0.15, 0.2) is 22.7 Å². The van der Waals surface area contributed by atoms with Crippen molar-refractivity contribution >= 4 is 33.4 Å². The lowest BCUT2D eigenvalue weighted by atomic mass is 10.2. The summed E-state index contributed by atoms with van der Waals surface area (Å²) in [7, 11) is 0. The molecule has 0 saturated heterocycles. The van der Waals surface area contributed by atoms with Crippen molar-refractivity contribution in [2.75, 3.05) is 6.61 Å². The van der Waals surface area contributed by atoms with Gasteiger partial charge in [-0.1, -0.05) is 34.5 Å². The zero-order chi connectivity index (χ0) is 11.4. The summed E-state index contributed by atoms with van der Waals surface area (Å²) in [6, 6.07) is 5.38. The third-order valence-electron chi connectivity index (χ3n) is 1.91. The molecule has 0 amide bonds. The van der Waals surface area contributed by atoms with Gasteiger partial charge in [-0.3, -0.25) is 5.41 Å². The fourth-order valence-corrected chi connectivity index (χ4v) is 1.62. The Balaban J connectivity index is 2.62. The smallest absolute Gasteiger partial charge is 0.137 e. The highest BCUT2D eigenvalue weighted by Crippen LogP contribution is 2.27. The number of halogens is 2. The first-order valence-electron chi connectivity index (χ1n) is 4.42. The molecule has 3 nitrogen and oxygen atoms in total. The van der Waals surface area contributed by atoms with E-state index in [0.717, 1.165) is 4.47 Å². The van der Waals surface area contributed by atoms with Gasteiger partial charge in [0.05, 0.1) is 17.5 Å². The predicted octanol–water partition coefficient (Wildman–Crippen LogP) is 3.05. The lowest BCUT2D eigenvalue weighted by Crippen LogP contribution is -2.25. The van der Waals surface area contributed by atoms with Crippen molar-refractivity contribution in [3.63, 3.8) is 0 Å². The van der Waals surface area contributed by atoms with Gasteiger partial charge >= 0.3 is 0 Å². The van der Waals surface area contributed by atoms with Crippen LogP contribution in [0.2, 0.25) is 5.02 Å². The molecule has 1 unspecified atom stereocenters. The van der Waals surface area contributed by atoms with Crippen LogP contribution in [0.3, 0.4) is 0 Å². The number of hydrogen-bond acceptors (Lipinski definition) is 2. The summed E-state index contributed by atoms with van der Waals surface area (Å²) in [5, 5.41) is 7.75. The van der Waals surface area contributed by atoms with Gasteiger partial charge in [0.1, 0.15) is 5.75 Å². The number of nitrogens with one attached hydrogen (secondary N) is 1. The highest BCUT2D eigenvalue weighted by molar-refractivity contribution is 9.10. The van der Waals surface area contributed by atoms with Crippen LogP contribution >= 0.6 is 27.5 Å². The van der Waals surface area contributed by atoms with Crippen molar-refractivity contribution < 1.29 is 4.74 Å². The van der Waals surface area contributed by atoms with Crippen molar-refractivity contribution in [1.82, 2.24) is 0 Å². The largest absolute Gasteiger partial charge is 0.491 e. The first-order valence-corrected chi connectivity index (χ1v) is 5.59. The van der Waals surface area contributed by atoms with Crippen molar-refractivity contribution in [3.05, 3.63) is 27.7 Å². The normalized spacial score (nSPS) is 12.2. The second kappa shape index (κ2) is 5.37. The Morgan fingerprint density at radius 2 is 2.33 bits per heavy atom. The third kappa shape index (κ3) is 3.72. The molecule has 0 aliphatic rings. The molecule has 1 aromatic carbocycles. The molecule has 0 bridgehead atoms. The Bertz CT molecular complexity index is 370. The minimum absolute atomic E-state index is 0.107. The average Bonchev–Trinajstić information content (AvgIpc) is 2.15. The predicted molar refractivity (Wildman–Crippen MR) is 65.7 cm³/mol. The molecule has 3 N–H and O–H groups in total. The summed E-state index contributed by atoms with van der Waals surface area (Å²) in [5.41, 5.74) is 5.33. The van der Waals surface area contributed by atoms with Gasteiger partial charge < -0.3 is 10.5 Å². The SMILES string of the molecule is CC(COc1ccc(Br)cc1Cl)C(=N)N. The van der Waals surface area contributed by atoms with E-state index >= 15 is 0 Å². The van der Waals surface area contributed by atoms with Gasteiger partial charge in [-0.25, -0.2) is 0 Å². The molecule has 0 aliphatic carbocycles. The lowest BCUT2D eigenvalue weighted by molar-refractivity contribution is 0.292. The maximum Gasteiger partial charge on any atom is 0.137 e. The van der Waals surface area contributed by atoms with E-state index in [1.165, 1.54) is 0 Å². The van der Waals surface area contributed by atoms with E-state index in [-0.39, 0.29) is 11.8 Å². The van der Waals surface area contributed by atoms with E-state index in [1.54, 1.807) is 12.1 Å². The van der Waals surface area contributed by atoms with Crippen LogP contribution in [0.25, 0.3) is 0 Å². The minimum atomic E-state index is -0.107. The molecule has 82 valence electrons. The maximum atomic E-state index is 7.21. The number of ether oxygens (including phenoxy) is 1. The summed E-state index contributed by atoms with van der Waals surface area (Å²) in [6.45, 7) is 2.19. The molecule has 0 fully saturated rings. The molecular weight excluding hydrogens is 279 g/mol. The number of benzene rings is 1. The number of hydrogen-bond donors (Lipinski definition) is 2. The Labute approximate surface area is 102 Å². The minimum Gasteiger partial charge on any atom is -0.491 e. The van der Waals surface area contributed by atoms with Crippen LogP contribution in [0, 0.1) is 11.3 Å². The molecule has 0 aromatic heterocycles. The molecule has 5 heteroatoms. The highest BCUT2D eigenvalue weighted by Gasteiger charge is 2.08. The zero-order valence-corrected chi connectivity index (χ0v) is 10.6. The van der Waals surface area contributed by atoms with Crippen LogP contribution in [0.4, 0.5) is 0 Å². The first kappa shape index (κ1) is 12.3. The lowest BCUT2D eigenvalue weighted by Gasteiger charge is -2.12. The van der Waals surface area contributed by atoms with Crippen LogP contribution in [-0.2, 0) is 0 Å². The molecule has 1 aromatic rings. The van der Waals surface area contributed by atoms with E-state index in [1.807, 2.05) is 13.0 Å². The van der Waals surface area contributed by atoms with Crippen LogP contribution in [0.1, 0.15) is 6.92 Å². The molecule has 0 heterocycles. The van der Waals surface area contributed by atoms with Crippen molar-refractivity contribution in [2.24, 2.45) is 11.7 Å². The van der Waals surface area contributed by atoms with Gasteiger partial charge in [-0.15, -0.1) is 0 Å². The van der Waals surface area contributed by atoms with E-state index in [2.05, 4.69) is 15.9 Å². The molecule has 1 rings (SSSR count). The van der Waals surface area contributed by atoms with Gasteiger partial charge in [-0.05, 0) is 18.2 Å². The first-order chi connectivity index (χ1) is 7.00. The molecule has 0 saturated carbocycles. The Morgan fingerprint density at radius 1 is 1.67 bits per heavy atom. The summed E-state index contributed by atoms with van der Waals surface area (Å²) < 4.78 is 6.34. The zero-order valence-electron chi connectivity index (χ0n) is 8.26. The molecular formula is C10H12BrClN2O. The molecule has 15 heavy (non-hydrogen) atoms. The van der Waals surface area contributed by atoms with Gasteiger partial charge in [0, 0.05) is 10.4 Å². The highest BCUT2D eigenvalue weighted by atomic mass is 79.9. The van der Waals surface area contributed by atoms with E-state index in [4.69, 9.17) is 27.5 Å². The van der Waals surface area contributed by atoms with Gasteiger partial charge in [-0.2, -0.15) is 0 Å². The summed E-state index contributed by atoms with van der Waals surface area (Å²) in [4.78, 5) is 0. The Morgan fingerprint density at radius 3 is 2.87 bits per heavy atom. The van der Waals surface area contributed by atoms with E-state index < -0.39 is 0 Å². The second-order valence-corrected chi connectivity index (χ2v) is 4.57. The molecule has 0 aliphatic heterocycles. The van der Waals surface area contributed by atoms with Gasteiger partial charge in [0.25, 0.3) is 0 Å². The summed E-state index contributed by atoms with van der Waals surface area (Å²) >= 11 is 9.26. The van der Waals surface area contributed by atoms with E-state index in [0.29, 0.717) is 17.4 Å². The second-order valence-electron chi connectivity index (χ2n) is 3.24. The monoisotopic (exact) mass is 290 g/mol. The van der Waals surface area contributed by atoms with Crippen molar-refractivity contribution in [3.8, 4) is 5.75 Å². The van der Waals surface area contributed by atoms with Crippen molar-refractivity contribution in [1.29, 1.82) is 5.41 Å². The summed E-state index contributed by atoms with van der Waals surface area (Å²) in [5.74, 6) is 0.612. The Kier molecular flexibility index (Phi) is 4.42. The van der Waals surface area contributed by atoms with Crippen molar-refractivity contribution in [2.45, 2.75) is 6.92 Å². The molecule has 1 atom stereocenters. The van der Waals surface area contributed by atoms with Crippen LogP contribution in [0.5, 0.6) is 5.75 Å².